The number of amides is 2. The van der Waals surface area contributed by atoms with Gasteiger partial charge in [0.1, 0.15) is 5.75 Å². The van der Waals surface area contributed by atoms with Crippen LogP contribution < -0.4 is 19.7 Å². The minimum atomic E-state index is -3.83. The van der Waals surface area contributed by atoms with Crippen LogP contribution in [0.2, 0.25) is 0 Å². The van der Waals surface area contributed by atoms with E-state index in [-0.39, 0.29) is 29.5 Å². The Labute approximate surface area is 216 Å². The number of carbonyl (C=O) groups excluding carboxylic acids is 2. The molecule has 9 nitrogen and oxygen atoms in total. The molecule has 2 N–H and O–H groups in total. The van der Waals surface area contributed by atoms with E-state index >= 15 is 0 Å². The zero-order chi connectivity index (χ0) is 26.3. The number of fused-ring (bicyclic) bond motifs is 1. The molecule has 1 aliphatic heterocycles. The third-order valence-corrected chi connectivity index (χ3v) is 7.51. The molecule has 0 spiro atoms. The zero-order valence-electron chi connectivity index (χ0n) is 20.4. The average molecular weight is 524 g/mol. The summed E-state index contributed by atoms with van der Waals surface area (Å²) >= 11 is 0. The van der Waals surface area contributed by atoms with Crippen molar-refractivity contribution >= 4 is 33.2 Å². The van der Waals surface area contributed by atoms with E-state index in [9.17, 15) is 18.0 Å². The van der Waals surface area contributed by atoms with Crippen LogP contribution in [-0.4, -0.2) is 53.1 Å². The van der Waals surface area contributed by atoms with Gasteiger partial charge in [0.25, 0.3) is 11.8 Å². The Hall–Kier alpha value is -3.89. The number of sulfonamides is 1. The van der Waals surface area contributed by atoms with E-state index in [1.54, 1.807) is 79.9 Å². The number of para-hydroxylation sites is 3. The van der Waals surface area contributed by atoms with E-state index in [1.807, 2.05) is 6.07 Å². The molecule has 0 saturated heterocycles. The van der Waals surface area contributed by atoms with E-state index in [1.165, 1.54) is 4.31 Å². The van der Waals surface area contributed by atoms with E-state index in [4.69, 9.17) is 9.47 Å². The van der Waals surface area contributed by atoms with Crippen molar-refractivity contribution in [2.45, 2.75) is 18.3 Å². The smallest absolute Gasteiger partial charge is 0.267 e. The monoisotopic (exact) mass is 523 g/mol. The highest BCUT2D eigenvalue weighted by Gasteiger charge is 2.37. The summed E-state index contributed by atoms with van der Waals surface area (Å²) in [5.41, 5.74) is 1.60. The molecule has 3 aromatic carbocycles. The highest BCUT2D eigenvalue weighted by Crippen LogP contribution is 2.36. The van der Waals surface area contributed by atoms with Gasteiger partial charge in [0.2, 0.25) is 10.0 Å². The summed E-state index contributed by atoms with van der Waals surface area (Å²) < 4.78 is 38.9. The molecule has 0 aliphatic carbocycles. The molecule has 0 radical (unpaired) electrons. The second-order valence-corrected chi connectivity index (χ2v) is 10.4. The minimum Gasteiger partial charge on any atom is -0.476 e. The second kappa shape index (κ2) is 11.9. The Bertz CT molecular complexity index is 1350. The van der Waals surface area contributed by atoms with Crippen molar-refractivity contribution < 1.29 is 27.5 Å². The molecule has 37 heavy (non-hydrogen) atoms. The Morgan fingerprint density at radius 1 is 1.00 bits per heavy atom. The van der Waals surface area contributed by atoms with E-state index in [2.05, 4.69) is 10.6 Å². The molecule has 0 fully saturated rings. The van der Waals surface area contributed by atoms with Gasteiger partial charge < -0.3 is 20.1 Å². The van der Waals surface area contributed by atoms with Crippen molar-refractivity contribution in [3.05, 3.63) is 90.0 Å². The van der Waals surface area contributed by atoms with Crippen molar-refractivity contribution in [2.75, 3.05) is 36.4 Å². The number of rotatable bonds is 10. The first-order valence-electron chi connectivity index (χ1n) is 11.9. The topological polar surface area (TPSA) is 114 Å². The Morgan fingerprint density at radius 2 is 1.70 bits per heavy atom. The Morgan fingerprint density at radius 3 is 2.49 bits per heavy atom. The molecular weight excluding hydrogens is 494 g/mol. The van der Waals surface area contributed by atoms with Crippen LogP contribution in [-0.2, 0) is 25.3 Å². The predicted molar refractivity (Wildman–Crippen MR) is 141 cm³/mol. The number of anilines is 2. The van der Waals surface area contributed by atoms with Gasteiger partial charge in [0.15, 0.2) is 6.10 Å². The molecule has 4 rings (SSSR count). The lowest BCUT2D eigenvalue weighted by molar-refractivity contribution is -0.122. The van der Waals surface area contributed by atoms with E-state index in [0.717, 1.165) is 0 Å². The molecule has 1 atom stereocenters. The number of nitrogens with zero attached hydrogens (tertiary/aromatic N) is 1. The normalized spacial score (nSPS) is 14.8. The van der Waals surface area contributed by atoms with Crippen molar-refractivity contribution in [1.29, 1.82) is 0 Å². The van der Waals surface area contributed by atoms with Crippen LogP contribution in [0.25, 0.3) is 0 Å². The summed E-state index contributed by atoms with van der Waals surface area (Å²) in [7, 11) is -2.24. The number of ether oxygens (including phenoxy) is 2. The van der Waals surface area contributed by atoms with Gasteiger partial charge in [-0.25, -0.2) is 8.42 Å². The van der Waals surface area contributed by atoms with Crippen molar-refractivity contribution in [2.24, 2.45) is 0 Å². The lowest BCUT2D eigenvalue weighted by atomic mass is 10.1. The average Bonchev–Trinajstić information content (AvgIpc) is 2.91. The molecule has 1 heterocycles. The first kappa shape index (κ1) is 26.2. The highest BCUT2D eigenvalue weighted by molar-refractivity contribution is 7.92. The van der Waals surface area contributed by atoms with Gasteiger partial charge >= 0.3 is 0 Å². The quantitative estimate of drug-likeness (QED) is 0.395. The molecule has 194 valence electrons. The van der Waals surface area contributed by atoms with Gasteiger partial charge in [-0.1, -0.05) is 54.6 Å². The van der Waals surface area contributed by atoms with Crippen LogP contribution in [0.5, 0.6) is 5.75 Å². The standard InChI is InChI=1S/C27H29N3O6S/c1-35-17-9-16-28-26(31)21-12-5-6-13-22(21)29-27(32)25-18-30(23-14-7-8-15-24(23)36-25)37(33,34)19-20-10-3-2-4-11-20/h2-8,10-15,25H,9,16-19H2,1H3,(H,28,31)(H,29,32). The van der Waals surface area contributed by atoms with Crippen LogP contribution in [0.15, 0.2) is 78.9 Å². The summed E-state index contributed by atoms with van der Waals surface area (Å²) in [6, 6.07) is 22.2. The zero-order valence-corrected chi connectivity index (χ0v) is 21.2. The van der Waals surface area contributed by atoms with Gasteiger partial charge in [0.05, 0.1) is 29.2 Å². The fourth-order valence-corrected chi connectivity index (χ4v) is 5.56. The molecule has 10 heteroatoms. The molecule has 0 saturated carbocycles. The van der Waals surface area contributed by atoms with Crippen molar-refractivity contribution in [1.82, 2.24) is 5.32 Å². The first-order valence-corrected chi connectivity index (χ1v) is 13.5. The second-order valence-electron chi connectivity index (χ2n) is 8.48. The van der Waals surface area contributed by atoms with Crippen LogP contribution in [0.4, 0.5) is 11.4 Å². The number of methoxy groups -OCH3 is 1. The first-order chi connectivity index (χ1) is 17.9. The fourth-order valence-electron chi connectivity index (χ4n) is 3.98. The van der Waals surface area contributed by atoms with Crippen LogP contribution in [0.3, 0.4) is 0 Å². The minimum absolute atomic E-state index is 0.205. The maximum Gasteiger partial charge on any atom is 0.267 e. The molecular formula is C27H29N3O6S. The molecule has 3 aromatic rings. The Balaban J connectivity index is 1.53. The van der Waals surface area contributed by atoms with Gasteiger partial charge in [-0.15, -0.1) is 0 Å². The third-order valence-electron chi connectivity index (χ3n) is 5.80. The Kier molecular flexibility index (Phi) is 8.42. The highest BCUT2D eigenvalue weighted by atomic mass is 32.2. The van der Waals surface area contributed by atoms with E-state index in [0.29, 0.717) is 36.5 Å². The molecule has 1 unspecified atom stereocenters. The predicted octanol–water partition coefficient (Wildman–Crippen LogP) is 3.19. The van der Waals surface area contributed by atoms with Crippen molar-refractivity contribution in [3.8, 4) is 5.75 Å². The largest absolute Gasteiger partial charge is 0.476 e. The lowest BCUT2D eigenvalue weighted by Gasteiger charge is -2.34. The molecule has 0 aromatic heterocycles. The molecule has 2 amide bonds. The maximum absolute atomic E-state index is 13.4. The molecule has 0 bridgehead atoms. The van der Waals surface area contributed by atoms with Gasteiger partial charge in [-0.2, -0.15) is 0 Å². The summed E-state index contributed by atoms with van der Waals surface area (Å²) in [6.07, 6.45) is -0.474. The fraction of sp³-hybridized carbons (Fsp3) is 0.259. The molecule has 1 aliphatic rings. The third kappa shape index (κ3) is 6.46. The van der Waals surface area contributed by atoms with Crippen LogP contribution >= 0.6 is 0 Å². The number of hydrogen-bond acceptors (Lipinski definition) is 6. The SMILES string of the molecule is COCCCNC(=O)c1ccccc1NC(=O)C1CN(S(=O)(=O)Cc2ccccc2)c2ccccc2O1. The summed E-state index contributed by atoms with van der Waals surface area (Å²) in [4.78, 5) is 26.0. The van der Waals surface area contributed by atoms with Crippen LogP contribution in [0.1, 0.15) is 22.3 Å². The lowest BCUT2D eigenvalue weighted by Crippen LogP contribution is -2.49. The maximum atomic E-state index is 13.4. The van der Waals surface area contributed by atoms with Crippen molar-refractivity contribution in [3.63, 3.8) is 0 Å². The number of hydrogen-bond donors (Lipinski definition) is 2. The number of benzene rings is 3. The van der Waals surface area contributed by atoms with Gasteiger partial charge in [0, 0.05) is 20.3 Å². The van der Waals surface area contributed by atoms with E-state index < -0.39 is 22.0 Å². The number of carbonyl (C=O) groups is 2. The summed E-state index contributed by atoms with van der Waals surface area (Å²) in [6.45, 7) is 0.734. The van der Waals surface area contributed by atoms with Gasteiger partial charge in [-0.05, 0) is 36.2 Å². The number of nitrogens with one attached hydrogen (secondary N) is 2. The van der Waals surface area contributed by atoms with Crippen LogP contribution in [0, 0.1) is 0 Å². The summed E-state index contributed by atoms with van der Waals surface area (Å²) in [5, 5.41) is 5.55. The summed E-state index contributed by atoms with van der Waals surface area (Å²) in [5.74, 6) is -0.833. The van der Waals surface area contributed by atoms with Gasteiger partial charge in [-0.3, -0.25) is 13.9 Å².